The minimum atomic E-state index is -1.19. The van der Waals surface area contributed by atoms with Crippen molar-refractivity contribution >= 4 is 51.9 Å². The monoisotopic (exact) mass is 481 g/mol. The van der Waals surface area contributed by atoms with E-state index in [-0.39, 0.29) is 20.7 Å². The van der Waals surface area contributed by atoms with Crippen LogP contribution < -0.4 is 10.3 Å². The molecule has 4 rings (SSSR count). The van der Waals surface area contributed by atoms with Gasteiger partial charge in [0.15, 0.2) is 0 Å². The maximum atomic E-state index is 13.4. The number of hydrogen-bond acceptors (Lipinski definition) is 7. The molecule has 0 aliphatic carbocycles. The Morgan fingerprint density at radius 2 is 1.91 bits per heavy atom. The van der Waals surface area contributed by atoms with Crippen molar-refractivity contribution < 1.29 is 19.4 Å². The zero-order valence-corrected chi connectivity index (χ0v) is 19.6. The van der Waals surface area contributed by atoms with Crippen LogP contribution in [0.25, 0.3) is 11.7 Å². The van der Waals surface area contributed by atoms with Gasteiger partial charge < -0.3 is 9.84 Å². The summed E-state index contributed by atoms with van der Waals surface area (Å²) < 4.78 is 7.59. The van der Waals surface area contributed by atoms with E-state index in [9.17, 15) is 14.4 Å². The minimum Gasteiger partial charge on any atom is -0.480 e. The number of aromatic nitrogens is 2. The van der Waals surface area contributed by atoms with Gasteiger partial charge in [-0.15, -0.1) is 0 Å². The number of benzene rings is 1. The van der Waals surface area contributed by atoms with E-state index in [1.807, 2.05) is 39.0 Å². The third-order valence-corrected chi connectivity index (χ3v) is 6.63. The van der Waals surface area contributed by atoms with Crippen LogP contribution in [0.4, 0.5) is 0 Å². The second kappa shape index (κ2) is 8.80. The standard InChI is InChI=1S/C23H19N3O5S2/c1-12-6-4-8-16(14(12)3)31-20-15(21(29)25-9-5-7-13(2)19(25)24-20)10-17-22(30)26(11-18(27)28)23(32)33-17/h4-10H,11H2,1-3H3,(H,27,28)/b17-10+. The molecule has 2 aromatic heterocycles. The maximum absolute atomic E-state index is 13.4. The molecule has 1 saturated heterocycles. The van der Waals surface area contributed by atoms with E-state index in [4.69, 9.17) is 22.1 Å². The summed E-state index contributed by atoms with van der Waals surface area (Å²) in [5.41, 5.74) is 2.75. The number of pyridine rings is 1. The summed E-state index contributed by atoms with van der Waals surface area (Å²) in [7, 11) is 0. The van der Waals surface area contributed by atoms with Gasteiger partial charge in [-0.3, -0.25) is 23.7 Å². The van der Waals surface area contributed by atoms with Crippen LogP contribution >= 0.6 is 24.0 Å². The van der Waals surface area contributed by atoms with Gasteiger partial charge in [-0.2, -0.15) is 4.98 Å². The van der Waals surface area contributed by atoms with Gasteiger partial charge in [0.2, 0.25) is 5.88 Å². The van der Waals surface area contributed by atoms with E-state index in [1.165, 1.54) is 10.5 Å². The molecule has 0 saturated carbocycles. The highest BCUT2D eigenvalue weighted by Gasteiger charge is 2.34. The molecular formula is C23H19N3O5S2. The second-order valence-corrected chi connectivity index (χ2v) is 9.16. The first-order chi connectivity index (χ1) is 15.7. The van der Waals surface area contributed by atoms with Crippen LogP contribution in [0.2, 0.25) is 0 Å². The van der Waals surface area contributed by atoms with Gasteiger partial charge in [0, 0.05) is 6.20 Å². The van der Waals surface area contributed by atoms with Gasteiger partial charge in [-0.1, -0.05) is 42.2 Å². The summed E-state index contributed by atoms with van der Waals surface area (Å²) >= 11 is 6.09. The third kappa shape index (κ3) is 4.27. The number of rotatable bonds is 5. The van der Waals surface area contributed by atoms with E-state index < -0.39 is 24.0 Å². The Labute approximate surface area is 198 Å². The van der Waals surface area contributed by atoms with Crippen LogP contribution in [-0.2, 0) is 9.59 Å². The van der Waals surface area contributed by atoms with Crippen molar-refractivity contribution in [1.82, 2.24) is 14.3 Å². The van der Waals surface area contributed by atoms with E-state index >= 15 is 0 Å². The lowest BCUT2D eigenvalue weighted by Crippen LogP contribution is -2.33. The number of aliphatic carboxylic acids is 1. The summed E-state index contributed by atoms with van der Waals surface area (Å²) in [6.45, 7) is 5.13. The largest absolute Gasteiger partial charge is 0.480 e. The van der Waals surface area contributed by atoms with Crippen molar-refractivity contribution in [2.75, 3.05) is 6.54 Å². The average Bonchev–Trinajstić information content (AvgIpc) is 3.02. The first kappa shape index (κ1) is 22.7. The number of carbonyl (C=O) groups excluding carboxylic acids is 1. The lowest BCUT2D eigenvalue weighted by Gasteiger charge is -2.14. The molecule has 1 aliphatic rings. The van der Waals surface area contributed by atoms with E-state index in [1.54, 1.807) is 18.3 Å². The quantitative estimate of drug-likeness (QED) is 0.435. The van der Waals surface area contributed by atoms with Gasteiger partial charge in [0.05, 0.1) is 4.91 Å². The average molecular weight is 482 g/mol. The molecular weight excluding hydrogens is 462 g/mol. The highest BCUT2D eigenvalue weighted by atomic mass is 32.2. The van der Waals surface area contributed by atoms with Gasteiger partial charge >= 0.3 is 5.97 Å². The predicted octanol–water partition coefficient (Wildman–Crippen LogP) is 3.70. The number of hydrogen-bond donors (Lipinski definition) is 1. The van der Waals surface area contributed by atoms with Crippen LogP contribution in [0.5, 0.6) is 11.6 Å². The molecule has 8 nitrogen and oxygen atoms in total. The number of aryl methyl sites for hydroxylation is 2. The van der Waals surface area contributed by atoms with Gasteiger partial charge in [-0.25, -0.2) is 0 Å². The Bertz CT molecular complexity index is 1430. The summed E-state index contributed by atoms with van der Waals surface area (Å²) in [6, 6.07) is 9.13. The first-order valence-electron chi connectivity index (χ1n) is 9.90. The molecule has 0 unspecified atom stereocenters. The van der Waals surface area contributed by atoms with Crippen molar-refractivity contribution in [3.63, 3.8) is 0 Å². The number of nitrogens with zero attached hydrogens (tertiary/aromatic N) is 3. The van der Waals surface area contributed by atoms with Crippen LogP contribution in [0, 0.1) is 20.8 Å². The lowest BCUT2D eigenvalue weighted by atomic mass is 10.1. The Morgan fingerprint density at radius 1 is 1.18 bits per heavy atom. The smallest absolute Gasteiger partial charge is 0.323 e. The van der Waals surface area contributed by atoms with Crippen LogP contribution in [0.1, 0.15) is 22.3 Å². The zero-order valence-electron chi connectivity index (χ0n) is 18.0. The zero-order chi connectivity index (χ0) is 23.9. The molecule has 33 heavy (non-hydrogen) atoms. The molecule has 0 bridgehead atoms. The molecule has 168 valence electrons. The fourth-order valence-electron chi connectivity index (χ4n) is 3.33. The van der Waals surface area contributed by atoms with E-state index in [0.29, 0.717) is 11.4 Å². The molecule has 1 fully saturated rings. The number of carbonyl (C=O) groups is 2. The van der Waals surface area contributed by atoms with E-state index in [0.717, 1.165) is 33.4 Å². The van der Waals surface area contributed by atoms with Crippen molar-refractivity contribution in [3.8, 4) is 11.6 Å². The normalized spacial score (nSPS) is 15.0. The molecule has 0 spiro atoms. The second-order valence-electron chi connectivity index (χ2n) is 7.48. The Hall–Kier alpha value is -3.50. The highest BCUT2D eigenvalue weighted by Crippen LogP contribution is 2.34. The first-order valence-corrected chi connectivity index (χ1v) is 11.1. The SMILES string of the molecule is Cc1cccc(Oc2nc3c(C)cccn3c(=O)c2/C=C2/SC(=S)N(CC(=O)O)C2=O)c1C. The van der Waals surface area contributed by atoms with Crippen molar-refractivity contribution in [2.45, 2.75) is 20.8 Å². The lowest BCUT2D eigenvalue weighted by molar-refractivity contribution is -0.140. The molecule has 1 aliphatic heterocycles. The Balaban J connectivity index is 1.90. The fraction of sp³-hybridized carbons (Fsp3) is 0.174. The van der Waals surface area contributed by atoms with Crippen LogP contribution in [-0.4, -0.2) is 42.1 Å². The molecule has 3 aromatic rings. The molecule has 1 amide bonds. The van der Waals surface area contributed by atoms with Crippen molar-refractivity contribution in [2.24, 2.45) is 0 Å². The van der Waals surface area contributed by atoms with Crippen LogP contribution in [0.3, 0.4) is 0 Å². The summed E-state index contributed by atoms with van der Waals surface area (Å²) in [4.78, 5) is 43.0. The topological polar surface area (TPSA) is 101 Å². The molecule has 1 N–H and O–H groups in total. The summed E-state index contributed by atoms with van der Waals surface area (Å²) in [5, 5.41) is 9.06. The van der Waals surface area contributed by atoms with Crippen molar-refractivity contribution in [1.29, 1.82) is 0 Å². The molecule has 3 heterocycles. The van der Waals surface area contributed by atoms with Crippen molar-refractivity contribution in [3.05, 3.63) is 74.0 Å². The highest BCUT2D eigenvalue weighted by molar-refractivity contribution is 8.26. The Morgan fingerprint density at radius 3 is 2.64 bits per heavy atom. The maximum Gasteiger partial charge on any atom is 0.323 e. The third-order valence-electron chi connectivity index (χ3n) is 5.25. The number of carboxylic acids is 1. The van der Waals surface area contributed by atoms with Crippen LogP contribution in [0.15, 0.2) is 46.2 Å². The van der Waals surface area contributed by atoms with Gasteiger partial charge in [0.1, 0.15) is 27.8 Å². The molecule has 0 atom stereocenters. The fourth-order valence-corrected chi connectivity index (χ4v) is 4.57. The Kier molecular flexibility index (Phi) is 6.05. The van der Waals surface area contributed by atoms with Gasteiger partial charge in [0.25, 0.3) is 11.5 Å². The molecule has 10 heteroatoms. The summed E-state index contributed by atoms with van der Waals surface area (Å²) in [6.07, 6.45) is 2.96. The van der Waals surface area contributed by atoms with E-state index in [2.05, 4.69) is 4.98 Å². The summed E-state index contributed by atoms with van der Waals surface area (Å²) in [5.74, 6) is -1.19. The number of ether oxygens (including phenoxy) is 1. The predicted molar refractivity (Wildman–Crippen MR) is 130 cm³/mol. The number of thiocarbonyl (C=S) groups is 1. The molecule has 0 radical (unpaired) electrons. The van der Waals surface area contributed by atoms with Gasteiger partial charge in [-0.05, 0) is 55.7 Å². The number of thioether (sulfide) groups is 1. The minimum absolute atomic E-state index is 0.0477. The number of carboxylic acid groups (broad SMARTS) is 1. The number of amides is 1. The number of fused-ring (bicyclic) bond motifs is 1. The molecule has 1 aromatic carbocycles.